The van der Waals surface area contributed by atoms with Gasteiger partial charge in [-0.3, -0.25) is 0 Å². The van der Waals surface area contributed by atoms with Gasteiger partial charge in [-0.15, -0.1) is 23.7 Å². The Morgan fingerprint density at radius 1 is 0.286 bits per heavy atom. The molecule has 0 aromatic heterocycles. The SMILES string of the molecule is CCCCCCCCCCCCCCCCCC#CCCc1ccc(CCCC)cc1C1=C(CCCC)C(CCCCC)=C(c2cc(CCCC)ccc2CCC#CCCCCCCCCCCCCCCCCC)[N+]1=[N-]. The van der Waals surface area contributed by atoms with E-state index in [-0.39, 0.29) is 0 Å². The van der Waals surface area contributed by atoms with Crippen LogP contribution >= 0.6 is 0 Å². The molecule has 2 nitrogen and oxygen atoms in total. The lowest BCUT2D eigenvalue weighted by atomic mass is 9.88. The summed E-state index contributed by atoms with van der Waals surface area (Å²) in [6.07, 6.45) is 62.0. The third kappa shape index (κ3) is 30.2. The summed E-state index contributed by atoms with van der Waals surface area (Å²) < 4.78 is 1.70. The van der Waals surface area contributed by atoms with Crippen LogP contribution in [0.5, 0.6) is 0 Å². The van der Waals surface area contributed by atoms with Gasteiger partial charge in [0.2, 0.25) is 11.4 Å². The minimum atomic E-state index is 0.858. The summed E-state index contributed by atoms with van der Waals surface area (Å²) >= 11 is 0. The second kappa shape index (κ2) is 47.4. The van der Waals surface area contributed by atoms with E-state index in [9.17, 15) is 5.53 Å². The molecule has 432 valence electrons. The first kappa shape index (κ1) is 67.9. The summed E-state index contributed by atoms with van der Waals surface area (Å²) in [5.41, 5.74) is 25.8. The normalized spacial score (nSPS) is 12.5. The molecule has 0 radical (unpaired) electrons. The van der Waals surface area contributed by atoms with Crippen molar-refractivity contribution < 1.29 is 4.70 Å². The summed E-state index contributed by atoms with van der Waals surface area (Å²) in [4.78, 5) is 0. The quantitative estimate of drug-likeness (QED) is 0.0359. The molecule has 2 heteroatoms. The molecule has 77 heavy (non-hydrogen) atoms. The first-order chi connectivity index (χ1) is 38.0. The van der Waals surface area contributed by atoms with Crippen molar-refractivity contribution in [3.8, 4) is 23.7 Å². The van der Waals surface area contributed by atoms with Crippen molar-refractivity contribution in [3.05, 3.63) is 86.5 Å². The van der Waals surface area contributed by atoms with Crippen LogP contribution < -0.4 is 0 Å². The highest BCUT2D eigenvalue weighted by molar-refractivity contribution is 5.84. The van der Waals surface area contributed by atoms with Gasteiger partial charge < -0.3 is 5.53 Å². The predicted molar refractivity (Wildman–Crippen MR) is 343 cm³/mol. The third-order valence-electron chi connectivity index (χ3n) is 16.8. The van der Waals surface area contributed by atoms with Crippen LogP contribution in [0.2, 0.25) is 0 Å². The van der Waals surface area contributed by atoms with Crippen LogP contribution in [0, 0.1) is 23.7 Å². The largest absolute Gasteiger partial charge is 0.493 e. The van der Waals surface area contributed by atoms with Crippen molar-refractivity contribution in [1.82, 2.24) is 0 Å². The van der Waals surface area contributed by atoms with Crippen molar-refractivity contribution >= 4 is 11.4 Å². The predicted octanol–water partition coefficient (Wildman–Crippen LogP) is 24.7. The van der Waals surface area contributed by atoms with Gasteiger partial charge in [-0.05, 0) is 111 Å². The van der Waals surface area contributed by atoms with E-state index in [2.05, 4.69) is 102 Å². The molecule has 0 saturated heterocycles. The van der Waals surface area contributed by atoms with E-state index in [1.54, 1.807) is 4.70 Å². The monoisotopic (exact) mass is 1050 g/mol. The molecule has 1 aliphatic rings. The van der Waals surface area contributed by atoms with Crippen molar-refractivity contribution in [2.45, 2.75) is 356 Å². The molecular weight excluding hydrogens is 929 g/mol. The van der Waals surface area contributed by atoms with Crippen LogP contribution in [-0.4, -0.2) is 4.70 Å². The highest BCUT2D eigenvalue weighted by Gasteiger charge is 2.37. The molecule has 0 spiro atoms. The van der Waals surface area contributed by atoms with Gasteiger partial charge in [0.25, 0.3) is 0 Å². The Kier molecular flexibility index (Phi) is 41.9. The zero-order valence-electron chi connectivity index (χ0n) is 52.0. The molecule has 0 atom stereocenters. The maximum atomic E-state index is 13.1. The maximum absolute atomic E-state index is 13.1. The van der Waals surface area contributed by atoms with Gasteiger partial charge in [-0.2, -0.15) is 0 Å². The second-order valence-corrected chi connectivity index (χ2v) is 23.8. The van der Waals surface area contributed by atoms with E-state index < -0.39 is 0 Å². The van der Waals surface area contributed by atoms with E-state index in [4.69, 9.17) is 0 Å². The van der Waals surface area contributed by atoms with Crippen LogP contribution in [0.25, 0.3) is 16.9 Å². The molecule has 0 amide bonds. The maximum Gasteiger partial charge on any atom is 0.211 e. The third-order valence-corrected chi connectivity index (χ3v) is 16.8. The van der Waals surface area contributed by atoms with Crippen LogP contribution in [0.4, 0.5) is 0 Å². The molecule has 0 N–H and O–H groups in total. The summed E-state index contributed by atoms with van der Waals surface area (Å²) in [6.45, 7) is 13.8. The van der Waals surface area contributed by atoms with E-state index in [1.807, 2.05) is 0 Å². The Balaban J connectivity index is 1.70. The lowest BCUT2D eigenvalue weighted by Crippen LogP contribution is -2.08. The molecule has 0 unspecified atom stereocenters. The van der Waals surface area contributed by atoms with Crippen LogP contribution in [-0.2, 0) is 25.7 Å². The van der Waals surface area contributed by atoms with E-state index in [0.717, 1.165) is 94.9 Å². The smallest absolute Gasteiger partial charge is 0.211 e. The van der Waals surface area contributed by atoms with Gasteiger partial charge in [-0.25, -0.2) is 4.70 Å². The van der Waals surface area contributed by atoms with Gasteiger partial charge >= 0.3 is 0 Å². The average molecular weight is 1050 g/mol. The molecule has 0 bridgehead atoms. The lowest BCUT2D eigenvalue weighted by molar-refractivity contribution is -0.345. The van der Waals surface area contributed by atoms with Crippen LogP contribution in [0.1, 0.15) is 364 Å². The fraction of sp³-hybridized carbons (Fsp3) is 0.733. The fourth-order valence-corrected chi connectivity index (χ4v) is 11.8. The standard InChI is InChI=1S/C75H122N2/c1-7-13-19-21-23-25-27-29-31-33-35-37-39-41-43-45-47-49-52-56-68-62-60-66(54-16-10-4)64-72(68)74-70(58-18-12-6)71(59-51-15-9-3)75(77(74)76)73-65-67(55-17-11-5)61-63-69(73)57-53-50-48-46-44-42-40-38-36-34-32-30-28-26-24-22-20-14-8-2/h60-65H,7-46,51-59H2,1-6H3. The summed E-state index contributed by atoms with van der Waals surface area (Å²) in [5, 5.41) is 0. The molecule has 1 heterocycles. The fourth-order valence-electron chi connectivity index (χ4n) is 11.8. The number of benzene rings is 2. The molecule has 1 aliphatic heterocycles. The Labute approximate surface area is 480 Å². The summed E-state index contributed by atoms with van der Waals surface area (Å²) in [6, 6.07) is 14.4. The van der Waals surface area contributed by atoms with Gasteiger partial charge in [0.1, 0.15) is 0 Å². The van der Waals surface area contributed by atoms with Crippen molar-refractivity contribution in [3.63, 3.8) is 0 Å². The van der Waals surface area contributed by atoms with Gasteiger partial charge in [-0.1, -0.05) is 278 Å². The molecule has 0 fully saturated rings. The Morgan fingerprint density at radius 3 is 0.896 bits per heavy atom. The summed E-state index contributed by atoms with van der Waals surface area (Å²) in [5.74, 6) is 14.4. The van der Waals surface area contributed by atoms with Crippen molar-refractivity contribution in [1.29, 1.82) is 0 Å². The van der Waals surface area contributed by atoms with E-state index >= 15 is 0 Å². The number of unbranched alkanes of at least 4 members (excludes halogenated alkanes) is 35. The highest BCUT2D eigenvalue weighted by Crippen LogP contribution is 2.46. The Morgan fingerprint density at radius 2 is 0.558 bits per heavy atom. The lowest BCUT2D eigenvalue weighted by Gasteiger charge is -2.16. The minimum Gasteiger partial charge on any atom is -0.493 e. The second-order valence-electron chi connectivity index (χ2n) is 23.8. The number of hydrogen-bond donors (Lipinski definition) is 0. The van der Waals surface area contributed by atoms with Crippen LogP contribution in [0.15, 0.2) is 47.5 Å². The van der Waals surface area contributed by atoms with Gasteiger partial charge in [0.05, 0.1) is 0 Å². The van der Waals surface area contributed by atoms with Gasteiger partial charge in [0.15, 0.2) is 0 Å². The number of rotatable bonds is 49. The topological polar surface area (TPSA) is 25.3 Å². The number of aryl methyl sites for hydroxylation is 4. The summed E-state index contributed by atoms with van der Waals surface area (Å²) in [7, 11) is 0. The van der Waals surface area contributed by atoms with Gasteiger partial charge in [0, 0.05) is 48.0 Å². The number of hydrogen-bond acceptors (Lipinski definition) is 0. The minimum absolute atomic E-state index is 0.858. The zero-order valence-corrected chi connectivity index (χ0v) is 52.0. The first-order valence-electron chi connectivity index (χ1n) is 34.2. The molecule has 0 aliphatic carbocycles. The number of nitrogens with zero attached hydrogens (tertiary/aromatic N) is 2. The van der Waals surface area contributed by atoms with Crippen molar-refractivity contribution in [2.75, 3.05) is 0 Å². The molecule has 2 aromatic carbocycles. The van der Waals surface area contributed by atoms with Crippen molar-refractivity contribution in [2.24, 2.45) is 0 Å². The average Bonchev–Trinajstić information content (AvgIpc) is 3.77. The molecular formula is C75H122N2. The molecule has 0 saturated carbocycles. The Hall–Kier alpha value is -3.36. The Bertz CT molecular complexity index is 2000. The van der Waals surface area contributed by atoms with E-state index in [0.29, 0.717) is 0 Å². The molecule has 3 rings (SSSR count). The highest BCUT2D eigenvalue weighted by atomic mass is 15.2. The zero-order chi connectivity index (χ0) is 55.1. The molecule has 2 aromatic rings. The number of allylic oxidation sites excluding steroid dienone is 2. The first-order valence-corrected chi connectivity index (χ1v) is 34.2. The van der Waals surface area contributed by atoms with Crippen LogP contribution in [0.3, 0.4) is 0 Å². The van der Waals surface area contributed by atoms with E-state index in [1.165, 1.54) is 276 Å².